The number of rotatable bonds is 6. The van der Waals surface area contributed by atoms with E-state index < -0.39 is 0 Å². The molecule has 3 heteroatoms. The Kier molecular flexibility index (Phi) is 5.71. The van der Waals surface area contributed by atoms with E-state index in [9.17, 15) is 0 Å². The summed E-state index contributed by atoms with van der Waals surface area (Å²) in [7, 11) is 1.73. The van der Waals surface area contributed by atoms with Crippen LogP contribution in [0.15, 0.2) is 18.2 Å². The molecule has 0 aliphatic heterocycles. The Morgan fingerprint density at radius 3 is 2.69 bits per heavy atom. The molecule has 90 valence electrons. The molecule has 0 amide bonds. The highest BCUT2D eigenvalue weighted by atomic mass is 32.2. The lowest BCUT2D eigenvalue weighted by Crippen LogP contribution is -2.01. The summed E-state index contributed by atoms with van der Waals surface area (Å²) in [6.45, 7) is 5.13. The lowest BCUT2D eigenvalue weighted by molar-refractivity contribution is 0.407. The van der Waals surface area contributed by atoms with Gasteiger partial charge in [0, 0.05) is 18.1 Å². The second-order valence-electron chi connectivity index (χ2n) is 4.07. The number of ether oxygens (including phenoxy) is 1. The highest BCUT2D eigenvalue weighted by Crippen LogP contribution is 2.28. The summed E-state index contributed by atoms with van der Waals surface area (Å²) in [5.41, 5.74) is 8.11. The van der Waals surface area contributed by atoms with Crippen LogP contribution < -0.4 is 10.5 Å². The predicted octanol–water partition coefficient (Wildman–Crippen LogP) is 3.01. The lowest BCUT2D eigenvalue weighted by Gasteiger charge is -2.13. The molecular formula is C13H21NOS. The van der Waals surface area contributed by atoms with Crippen LogP contribution in [0, 0.1) is 0 Å². The minimum atomic E-state index is 0.495. The van der Waals surface area contributed by atoms with Crippen LogP contribution >= 0.6 is 11.8 Å². The Hall–Kier alpha value is -0.670. The van der Waals surface area contributed by atoms with Crippen LogP contribution in [0.5, 0.6) is 5.75 Å². The van der Waals surface area contributed by atoms with Gasteiger partial charge in [-0.3, -0.25) is 0 Å². The molecule has 2 nitrogen and oxygen atoms in total. The van der Waals surface area contributed by atoms with Crippen molar-refractivity contribution in [3.63, 3.8) is 0 Å². The van der Waals surface area contributed by atoms with E-state index in [1.54, 1.807) is 7.11 Å². The summed E-state index contributed by atoms with van der Waals surface area (Å²) in [5, 5.41) is 0. The summed E-state index contributed by atoms with van der Waals surface area (Å²) in [6, 6.07) is 6.44. The van der Waals surface area contributed by atoms with E-state index in [1.807, 2.05) is 11.8 Å². The monoisotopic (exact) mass is 239 g/mol. The van der Waals surface area contributed by atoms with Crippen molar-refractivity contribution in [1.82, 2.24) is 0 Å². The molecule has 0 atom stereocenters. The van der Waals surface area contributed by atoms with Crippen molar-refractivity contribution < 1.29 is 4.74 Å². The zero-order valence-corrected chi connectivity index (χ0v) is 11.1. The Bertz CT molecular complexity index is 326. The fourth-order valence-corrected chi connectivity index (χ4v) is 2.32. The summed E-state index contributed by atoms with van der Waals surface area (Å²) < 4.78 is 5.36. The van der Waals surface area contributed by atoms with Crippen LogP contribution in [0.3, 0.4) is 0 Å². The van der Waals surface area contributed by atoms with E-state index in [4.69, 9.17) is 10.5 Å². The predicted molar refractivity (Wildman–Crippen MR) is 72.3 cm³/mol. The van der Waals surface area contributed by atoms with Gasteiger partial charge in [0.15, 0.2) is 0 Å². The summed E-state index contributed by atoms with van der Waals surface area (Å²) in [4.78, 5) is 0. The van der Waals surface area contributed by atoms with Crippen LogP contribution in [-0.2, 0) is 5.75 Å². The Balaban J connectivity index is 2.77. The van der Waals surface area contributed by atoms with Crippen molar-refractivity contribution in [2.75, 3.05) is 19.4 Å². The van der Waals surface area contributed by atoms with Gasteiger partial charge >= 0.3 is 0 Å². The molecule has 0 radical (unpaired) electrons. The maximum Gasteiger partial charge on any atom is 0.122 e. The first-order valence-electron chi connectivity index (χ1n) is 5.63. The van der Waals surface area contributed by atoms with Crippen LogP contribution in [0.2, 0.25) is 0 Å². The second-order valence-corrected chi connectivity index (χ2v) is 5.18. The maximum atomic E-state index is 5.48. The fraction of sp³-hybridized carbons (Fsp3) is 0.538. The average Bonchev–Trinajstić information content (AvgIpc) is 2.29. The van der Waals surface area contributed by atoms with Crippen LogP contribution in [0.1, 0.15) is 30.9 Å². The molecule has 0 saturated carbocycles. The SMILES string of the molecule is COc1ccc(CSCCN)cc1C(C)C. The Morgan fingerprint density at radius 1 is 1.38 bits per heavy atom. The van der Waals surface area contributed by atoms with E-state index in [0.717, 1.165) is 23.8 Å². The Morgan fingerprint density at radius 2 is 2.12 bits per heavy atom. The first-order valence-corrected chi connectivity index (χ1v) is 6.79. The molecule has 0 aromatic heterocycles. The normalized spacial score (nSPS) is 10.8. The zero-order valence-electron chi connectivity index (χ0n) is 10.3. The topological polar surface area (TPSA) is 35.2 Å². The highest BCUT2D eigenvalue weighted by molar-refractivity contribution is 7.98. The van der Waals surface area contributed by atoms with Gasteiger partial charge in [-0.2, -0.15) is 11.8 Å². The quantitative estimate of drug-likeness (QED) is 0.775. The van der Waals surface area contributed by atoms with E-state index in [0.29, 0.717) is 5.92 Å². The zero-order chi connectivity index (χ0) is 12.0. The molecule has 0 aliphatic rings. The summed E-state index contributed by atoms with van der Waals surface area (Å²) in [6.07, 6.45) is 0. The summed E-state index contributed by atoms with van der Waals surface area (Å²) >= 11 is 1.87. The number of hydrogen-bond acceptors (Lipinski definition) is 3. The molecule has 0 spiro atoms. The molecule has 0 aliphatic carbocycles. The van der Waals surface area contributed by atoms with Gasteiger partial charge in [-0.1, -0.05) is 26.0 Å². The molecule has 0 heterocycles. The molecule has 1 rings (SSSR count). The van der Waals surface area contributed by atoms with E-state index in [1.165, 1.54) is 11.1 Å². The van der Waals surface area contributed by atoms with Gasteiger partial charge in [0.05, 0.1) is 7.11 Å². The van der Waals surface area contributed by atoms with Crippen molar-refractivity contribution >= 4 is 11.8 Å². The molecule has 0 saturated heterocycles. The average molecular weight is 239 g/mol. The van der Waals surface area contributed by atoms with Gasteiger partial charge in [-0.05, 0) is 23.1 Å². The van der Waals surface area contributed by atoms with Crippen molar-refractivity contribution in [2.24, 2.45) is 5.73 Å². The van der Waals surface area contributed by atoms with Gasteiger partial charge in [0.1, 0.15) is 5.75 Å². The van der Waals surface area contributed by atoms with Crippen molar-refractivity contribution in [1.29, 1.82) is 0 Å². The minimum Gasteiger partial charge on any atom is -0.496 e. The van der Waals surface area contributed by atoms with Gasteiger partial charge in [0.25, 0.3) is 0 Å². The third-order valence-electron chi connectivity index (χ3n) is 2.45. The number of benzene rings is 1. The molecule has 1 aromatic carbocycles. The Labute approximate surface area is 103 Å². The molecular weight excluding hydrogens is 218 g/mol. The fourth-order valence-electron chi connectivity index (χ4n) is 1.60. The van der Waals surface area contributed by atoms with Crippen molar-refractivity contribution in [3.05, 3.63) is 29.3 Å². The summed E-state index contributed by atoms with van der Waals surface area (Å²) in [5.74, 6) is 3.53. The van der Waals surface area contributed by atoms with Crippen molar-refractivity contribution in [3.8, 4) is 5.75 Å². The van der Waals surface area contributed by atoms with E-state index in [-0.39, 0.29) is 0 Å². The highest BCUT2D eigenvalue weighted by Gasteiger charge is 2.08. The molecule has 16 heavy (non-hydrogen) atoms. The number of hydrogen-bond donors (Lipinski definition) is 1. The van der Waals surface area contributed by atoms with Gasteiger partial charge in [-0.25, -0.2) is 0 Å². The number of methoxy groups -OCH3 is 1. The number of thioether (sulfide) groups is 1. The van der Waals surface area contributed by atoms with Gasteiger partial charge in [0.2, 0.25) is 0 Å². The first kappa shape index (κ1) is 13.4. The lowest BCUT2D eigenvalue weighted by atomic mass is 10.00. The molecule has 0 bridgehead atoms. The van der Waals surface area contributed by atoms with Gasteiger partial charge < -0.3 is 10.5 Å². The van der Waals surface area contributed by atoms with Crippen LogP contribution in [-0.4, -0.2) is 19.4 Å². The largest absolute Gasteiger partial charge is 0.496 e. The molecule has 0 fully saturated rings. The van der Waals surface area contributed by atoms with E-state index in [2.05, 4.69) is 32.0 Å². The number of nitrogens with two attached hydrogens (primary N) is 1. The molecule has 1 aromatic rings. The van der Waals surface area contributed by atoms with Crippen LogP contribution in [0.4, 0.5) is 0 Å². The third-order valence-corrected chi connectivity index (χ3v) is 3.51. The molecule has 2 N–H and O–H groups in total. The van der Waals surface area contributed by atoms with Gasteiger partial charge in [-0.15, -0.1) is 0 Å². The minimum absolute atomic E-state index is 0.495. The maximum absolute atomic E-state index is 5.48. The molecule has 0 unspecified atom stereocenters. The van der Waals surface area contributed by atoms with E-state index >= 15 is 0 Å². The smallest absolute Gasteiger partial charge is 0.122 e. The second kappa shape index (κ2) is 6.81. The van der Waals surface area contributed by atoms with Crippen molar-refractivity contribution in [2.45, 2.75) is 25.5 Å². The standard InChI is InChI=1S/C13H21NOS/c1-10(2)12-8-11(9-16-7-6-14)4-5-13(12)15-3/h4-5,8,10H,6-7,9,14H2,1-3H3. The third kappa shape index (κ3) is 3.72. The van der Waals surface area contributed by atoms with Crippen LogP contribution in [0.25, 0.3) is 0 Å². The first-order chi connectivity index (χ1) is 7.69.